The molecule has 0 atom stereocenters. The highest BCUT2D eigenvalue weighted by Gasteiger charge is 2.10. The molecule has 2 aromatic carbocycles. The van der Waals surface area contributed by atoms with Gasteiger partial charge in [-0.3, -0.25) is 0 Å². The van der Waals surface area contributed by atoms with Crippen molar-refractivity contribution in [3.63, 3.8) is 0 Å². The molecule has 0 N–H and O–H groups in total. The predicted octanol–water partition coefficient (Wildman–Crippen LogP) is 5.47. The first kappa shape index (κ1) is 14.3. The van der Waals surface area contributed by atoms with Crippen molar-refractivity contribution in [2.75, 3.05) is 5.75 Å². The van der Waals surface area contributed by atoms with Gasteiger partial charge in [0.2, 0.25) is 0 Å². The van der Waals surface area contributed by atoms with Crippen molar-refractivity contribution in [1.29, 1.82) is 5.26 Å². The van der Waals surface area contributed by atoms with Gasteiger partial charge in [0, 0.05) is 14.7 Å². The van der Waals surface area contributed by atoms with Gasteiger partial charge in [0.15, 0.2) is 0 Å². The van der Waals surface area contributed by atoms with Crippen LogP contribution in [0.3, 0.4) is 0 Å². The summed E-state index contributed by atoms with van der Waals surface area (Å²) in [6, 6.07) is 15.9. The topological polar surface area (TPSA) is 23.8 Å². The van der Waals surface area contributed by atoms with Crippen LogP contribution in [0, 0.1) is 11.3 Å². The Bertz CT molecular complexity index is 620. The Morgan fingerprint density at radius 2 is 1.74 bits per heavy atom. The van der Waals surface area contributed by atoms with Crippen molar-refractivity contribution < 1.29 is 0 Å². The van der Waals surface area contributed by atoms with Crippen LogP contribution in [0.1, 0.15) is 12.5 Å². The fourth-order valence-corrected chi connectivity index (χ4v) is 3.68. The molecule has 2 rings (SSSR count). The molecular formula is C15H12ClNS2. The van der Waals surface area contributed by atoms with Crippen LogP contribution in [0.15, 0.2) is 57.2 Å². The molecule has 0 fully saturated rings. The summed E-state index contributed by atoms with van der Waals surface area (Å²) < 4.78 is 0. The molecule has 0 spiro atoms. The maximum atomic E-state index is 9.36. The lowest BCUT2D eigenvalue weighted by atomic mass is 10.2. The van der Waals surface area contributed by atoms with Gasteiger partial charge in [0.25, 0.3) is 0 Å². The van der Waals surface area contributed by atoms with Crippen LogP contribution >= 0.6 is 35.1 Å². The van der Waals surface area contributed by atoms with Crippen LogP contribution in [0.2, 0.25) is 5.02 Å². The molecular weight excluding hydrogens is 294 g/mol. The first-order chi connectivity index (χ1) is 9.26. The summed E-state index contributed by atoms with van der Waals surface area (Å²) in [5, 5.41) is 10.1. The third-order valence-corrected chi connectivity index (χ3v) is 4.97. The number of rotatable bonds is 4. The Hall–Kier alpha value is -1.08. The highest BCUT2D eigenvalue weighted by molar-refractivity contribution is 8.00. The van der Waals surface area contributed by atoms with E-state index < -0.39 is 0 Å². The van der Waals surface area contributed by atoms with E-state index in [-0.39, 0.29) is 0 Å². The number of benzene rings is 2. The summed E-state index contributed by atoms with van der Waals surface area (Å²) in [4.78, 5) is 2.95. The van der Waals surface area contributed by atoms with Crippen molar-refractivity contribution >= 4 is 35.1 Å². The normalized spacial score (nSPS) is 10.2. The average molecular weight is 306 g/mol. The van der Waals surface area contributed by atoms with Gasteiger partial charge < -0.3 is 0 Å². The highest BCUT2D eigenvalue weighted by atomic mass is 35.5. The third kappa shape index (κ3) is 3.48. The summed E-state index contributed by atoms with van der Waals surface area (Å²) in [7, 11) is 0. The molecule has 0 bridgehead atoms. The summed E-state index contributed by atoms with van der Waals surface area (Å²) in [5.41, 5.74) is 0.735. The van der Waals surface area contributed by atoms with Crippen molar-refractivity contribution in [3.8, 4) is 6.07 Å². The molecule has 0 aliphatic rings. The van der Waals surface area contributed by atoms with E-state index in [4.69, 9.17) is 11.6 Å². The minimum atomic E-state index is 0.713. The largest absolute Gasteiger partial charge is 0.192 e. The number of hydrogen-bond acceptors (Lipinski definition) is 3. The second-order valence-electron chi connectivity index (χ2n) is 3.71. The van der Waals surface area contributed by atoms with E-state index >= 15 is 0 Å². The number of nitrogens with zero attached hydrogens (tertiary/aromatic N) is 1. The van der Waals surface area contributed by atoms with Gasteiger partial charge >= 0.3 is 0 Å². The van der Waals surface area contributed by atoms with E-state index in [2.05, 4.69) is 13.0 Å². The Morgan fingerprint density at radius 3 is 2.42 bits per heavy atom. The minimum absolute atomic E-state index is 0.713. The maximum Gasteiger partial charge on any atom is 0.101 e. The lowest BCUT2D eigenvalue weighted by Gasteiger charge is -2.09. The van der Waals surface area contributed by atoms with E-state index in [0.717, 1.165) is 26.0 Å². The highest BCUT2D eigenvalue weighted by Crippen LogP contribution is 2.37. The van der Waals surface area contributed by atoms with Crippen LogP contribution < -0.4 is 0 Å². The zero-order chi connectivity index (χ0) is 13.7. The number of halogens is 1. The molecule has 0 saturated heterocycles. The van der Waals surface area contributed by atoms with Crippen LogP contribution in [0.5, 0.6) is 0 Å². The smallest absolute Gasteiger partial charge is 0.101 e. The molecule has 4 heteroatoms. The summed E-state index contributed by atoms with van der Waals surface area (Å²) in [6.07, 6.45) is 0. The minimum Gasteiger partial charge on any atom is -0.192 e. The summed E-state index contributed by atoms with van der Waals surface area (Å²) in [6.45, 7) is 2.08. The zero-order valence-corrected chi connectivity index (χ0v) is 12.8. The van der Waals surface area contributed by atoms with Crippen molar-refractivity contribution in [3.05, 3.63) is 53.1 Å². The van der Waals surface area contributed by atoms with Crippen molar-refractivity contribution in [2.24, 2.45) is 0 Å². The fraction of sp³-hybridized carbons (Fsp3) is 0.133. The van der Waals surface area contributed by atoms with Gasteiger partial charge in [-0.1, -0.05) is 48.5 Å². The molecule has 0 aromatic heterocycles. The van der Waals surface area contributed by atoms with Gasteiger partial charge in [-0.25, -0.2) is 0 Å². The van der Waals surface area contributed by atoms with Gasteiger partial charge in [-0.15, -0.1) is 11.8 Å². The standard InChI is InChI=1S/C15H12ClNS2/c1-2-18-13-8-5-9-14(11(13)10-17)19-15-7-4-3-6-12(15)16/h3-9H,2H2,1H3. The molecule has 0 aliphatic heterocycles. The zero-order valence-electron chi connectivity index (χ0n) is 10.4. The first-order valence-corrected chi connectivity index (χ1v) is 8.02. The van der Waals surface area contributed by atoms with E-state index in [1.807, 2.05) is 42.5 Å². The molecule has 0 unspecified atom stereocenters. The van der Waals surface area contributed by atoms with Gasteiger partial charge in [-0.2, -0.15) is 5.26 Å². The Morgan fingerprint density at radius 1 is 1.05 bits per heavy atom. The van der Waals surface area contributed by atoms with Crippen molar-refractivity contribution in [1.82, 2.24) is 0 Å². The predicted molar refractivity (Wildman–Crippen MR) is 83.1 cm³/mol. The van der Waals surface area contributed by atoms with Gasteiger partial charge in [0.1, 0.15) is 6.07 Å². The molecule has 96 valence electrons. The second-order valence-corrected chi connectivity index (χ2v) is 6.50. The Balaban J connectivity index is 2.38. The van der Waals surface area contributed by atoms with E-state index in [9.17, 15) is 5.26 Å². The second kappa shape index (κ2) is 6.91. The molecule has 0 radical (unpaired) electrons. The summed E-state index contributed by atoms with van der Waals surface area (Å²) >= 11 is 9.39. The van der Waals surface area contributed by atoms with E-state index in [1.165, 1.54) is 11.8 Å². The van der Waals surface area contributed by atoms with Crippen LogP contribution in [-0.4, -0.2) is 5.75 Å². The maximum absolute atomic E-state index is 9.36. The number of hydrogen-bond donors (Lipinski definition) is 0. The van der Waals surface area contributed by atoms with Crippen LogP contribution in [0.4, 0.5) is 0 Å². The Labute approximate surface area is 127 Å². The molecule has 0 amide bonds. The Kier molecular flexibility index (Phi) is 5.21. The summed E-state index contributed by atoms with van der Waals surface area (Å²) in [5.74, 6) is 0.953. The molecule has 1 nitrogen and oxygen atoms in total. The third-order valence-electron chi connectivity index (χ3n) is 2.46. The lowest BCUT2D eigenvalue weighted by Crippen LogP contribution is -1.86. The van der Waals surface area contributed by atoms with Crippen molar-refractivity contribution in [2.45, 2.75) is 21.6 Å². The number of nitriles is 1. The molecule has 2 aromatic rings. The quantitative estimate of drug-likeness (QED) is 0.699. The van der Waals surface area contributed by atoms with E-state index in [0.29, 0.717) is 5.02 Å². The van der Waals surface area contributed by atoms with Gasteiger partial charge in [-0.05, 0) is 30.0 Å². The fourth-order valence-electron chi connectivity index (χ4n) is 1.63. The monoisotopic (exact) mass is 305 g/mol. The molecule has 19 heavy (non-hydrogen) atoms. The van der Waals surface area contributed by atoms with E-state index in [1.54, 1.807) is 11.8 Å². The van der Waals surface area contributed by atoms with Crippen LogP contribution in [-0.2, 0) is 0 Å². The molecule has 0 heterocycles. The molecule has 0 saturated carbocycles. The lowest BCUT2D eigenvalue weighted by molar-refractivity contribution is 1.25. The number of thioether (sulfide) groups is 1. The van der Waals surface area contributed by atoms with Gasteiger partial charge in [0.05, 0.1) is 10.6 Å². The average Bonchev–Trinajstić information content (AvgIpc) is 2.42. The first-order valence-electron chi connectivity index (χ1n) is 5.84. The SMILES string of the molecule is CCSc1cccc(Sc2ccccc2Cl)c1C#N. The molecule has 0 aliphatic carbocycles. The van der Waals surface area contributed by atoms with Crippen LogP contribution in [0.25, 0.3) is 0 Å².